The minimum absolute atomic E-state index is 0.248. The first kappa shape index (κ1) is 21.0. The first-order chi connectivity index (χ1) is 16.0. The molecule has 1 aromatic carbocycles. The van der Waals surface area contributed by atoms with Crippen molar-refractivity contribution in [3.63, 3.8) is 0 Å². The average molecular weight is 460 g/mol. The van der Waals surface area contributed by atoms with E-state index >= 15 is 0 Å². The van der Waals surface area contributed by atoms with Crippen LogP contribution in [0, 0.1) is 17.8 Å². The van der Waals surface area contributed by atoms with Crippen LogP contribution in [0.3, 0.4) is 0 Å². The fourth-order valence-electron chi connectivity index (χ4n) is 3.66. The molecule has 0 atom stereocenters. The van der Waals surface area contributed by atoms with Gasteiger partial charge in [0, 0.05) is 29.9 Å². The highest BCUT2D eigenvalue weighted by atomic mass is 32.2. The molecular weight excluding hydrogens is 438 g/mol. The number of sulfone groups is 1. The highest BCUT2D eigenvalue weighted by molar-refractivity contribution is 7.91. The summed E-state index contributed by atoms with van der Waals surface area (Å²) in [5.41, 5.74) is 3.01. The number of aromatic amines is 1. The monoisotopic (exact) mass is 459 g/mol. The highest BCUT2D eigenvalue weighted by Crippen LogP contribution is 2.20. The Bertz CT molecular complexity index is 1460. The van der Waals surface area contributed by atoms with Crippen molar-refractivity contribution in [3.8, 4) is 23.4 Å². The molecule has 1 aliphatic heterocycles. The summed E-state index contributed by atoms with van der Waals surface area (Å²) in [6.07, 6.45) is 6.39. The number of aromatic nitrogens is 6. The molecule has 33 heavy (non-hydrogen) atoms. The van der Waals surface area contributed by atoms with Gasteiger partial charge in [0.25, 0.3) is 0 Å². The molecule has 3 aromatic heterocycles. The van der Waals surface area contributed by atoms with E-state index in [9.17, 15) is 8.42 Å². The molecular formula is C23H21N7O2S. The quantitative estimate of drug-likeness (QED) is 0.446. The van der Waals surface area contributed by atoms with Gasteiger partial charge in [0.1, 0.15) is 21.2 Å². The SMILES string of the molecule is O=S1(=O)CCC(CNc2nccc(-c3nccc(C#Cc4ccc5[nH]ncc5c4)n3)n2)CC1. The topological polar surface area (TPSA) is 126 Å². The molecule has 4 aromatic rings. The Morgan fingerprint density at radius 3 is 2.76 bits per heavy atom. The van der Waals surface area contributed by atoms with Crippen LogP contribution in [-0.2, 0) is 9.84 Å². The van der Waals surface area contributed by atoms with Gasteiger partial charge in [-0.25, -0.2) is 28.4 Å². The molecule has 5 rings (SSSR count). The lowest BCUT2D eigenvalue weighted by molar-refractivity contribution is 0.483. The molecule has 10 heteroatoms. The molecule has 0 saturated carbocycles. The van der Waals surface area contributed by atoms with Crippen LogP contribution >= 0.6 is 0 Å². The van der Waals surface area contributed by atoms with Gasteiger partial charge >= 0.3 is 0 Å². The number of hydrogen-bond acceptors (Lipinski definition) is 8. The molecule has 1 aliphatic rings. The van der Waals surface area contributed by atoms with Crippen molar-refractivity contribution < 1.29 is 8.42 Å². The number of anilines is 1. The lowest BCUT2D eigenvalue weighted by Gasteiger charge is -2.22. The first-order valence-electron chi connectivity index (χ1n) is 10.6. The smallest absolute Gasteiger partial charge is 0.223 e. The number of rotatable bonds is 4. The van der Waals surface area contributed by atoms with Gasteiger partial charge in [-0.15, -0.1) is 0 Å². The van der Waals surface area contributed by atoms with Gasteiger partial charge in [0.2, 0.25) is 5.95 Å². The molecule has 0 bridgehead atoms. The fraction of sp³-hybridized carbons (Fsp3) is 0.261. The third-order valence-corrected chi connectivity index (χ3v) is 7.25. The Kier molecular flexibility index (Phi) is 5.71. The zero-order valence-electron chi connectivity index (χ0n) is 17.7. The molecule has 0 unspecified atom stereocenters. The molecule has 0 aliphatic carbocycles. The van der Waals surface area contributed by atoms with Crippen molar-refractivity contribution in [1.82, 2.24) is 30.1 Å². The minimum Gasteiger partial charge on any atom is -0.354 e. The standard InChI is InChI=1S/C23H21N7O2S/c31-33(32)11-7-17(8-12-33)14-26-23-25-10-6-21(29-23)22-24-9-5-19(28-22)3-1-16-2-4-20-18(13-16)15-27-30-20/h2,4-6,9-10,13,15,17H,7-8,11-12,14H2,(H,27,30)(H,25,26,29). The summed E-state index contributed by atoms with van der Waals surface area (Å²) in [6.45, 7) is 0.631. The molecule has 0 radical (unpaired) electrons. The van der Waals surface area contributed by atoms with Crippen LogP contribution in [0.5, 0.6) is 0 Å². The summed E-state index contributed by atoms with van der Waals surface area (Å²) in [7, 11) is -2.87. The van der Waals surface area contributed by atoms with Gasteiger partial charge in [0.05, 0.1) is 23.2 Å². The second kappa shape index (κ2) is 8.96. The summed E-state index contributed by atoms with van der Waals surface area (Å²) in [4.78, 5) is 17.6. The van der Waals surface area contributed by atoms with Crippen molar-refractivity contribution in [1.29, 1.82) is 0 Å². The maximum atomic E-state index is 11.6. The van der Waals surface area contributed by atoms with Crippen LogP contribution in [0.1, 0.15) is 24.1 Å². The predicted octanol–water partition coefficient (Wildman–Crippen LogP) is 2.45. The van der Waals surface area contributed by atoms with Crippen molar-refractivity contribution >= 4 is 26.7 Å². The number of H-pyrrole nitrogens is 1. The molecule has 2 N–H and O–H groups in total. The van der Waals surface area contributed by atoms with Crippen LogP contribution in [-0.4, -0.2) is 56.6 Å². The van der Waals surface area contributed by atoms with Crippen LogP contribution in [0.4, 0.5) is 5.95 Å². The van der Waals surface area contributed by atoms with E-state index < -0.39 is 9.84 Å². The molecule has 1 fully saturated rings. The van der Waals surface area contributed by atoms with Crippen LogP contribution < -0.4 is 5.32 Å². The number of benzene rings is 1. The van der Waals surface area contributed by atoms with Crippen molar-refractivity contribution in [3.05, 3.63) is 60.2 Å². The van der Waals surface area contributed by atoms with E-state index in [1.54, 1.807) is 30.7 Å². The van der Waals surface area contributed by atoms with Gasteiger partial charge in [-0.05, 0) is 55.0 Å². The summed E-state index contributed by atoms with van der Waals surface area (Å²) in [5, 5.41) is 11.2. The van der Waals surface area contributed by atoms with E-state index in [1.165, 1.54) is 0 Å². The molecule has 0 amide bonds. The van der Waals surface area contributed by atoms with Crippen LogP contribution in [0.25, 0.3) is 22.4 Å². The van der Waals surface area contributed by atoms with Crippen LogP contribution in [0.15, 0.2) is 48.9 Å². The fourth-order valence-corrected chi connectivity index (χ4v) is 5.24. The van der Waals surface area contributed by atoms with E-state index in [-0.39, 0.29) is 17.4 Å². The maximum Gasteiger partial charge on any atom is 0.223 e. The molecule has 4 heterocycles. The summed E-state index contributed by atoms with van der Waals surface area (Å²) >= 11 is 0. The van der Waals surface area contributed by atoms with E-state index in [4.69, 9.17) is 0 Å². The number of nitrogens with zero attached hydrogens (tertiary/aromatic N) is 5. The Hall–Kier alpha value is -3.84. The Morgan fingerprint density at radius 1 is 1.03 bits per heavy atom. The lowest BCUT2D eigenvalue weighted by atomic mass is 10.0. The zero-order valence-corrected chi connectivity index (χ0v) is 18.5. The Morgan fingerprint density at radius 2 is 1.88 bits per heavy atom. The van der Waals surface area contributed by atoms with E-state index in [1.807, 2.05) is 18.2 Å². The molecule has 0 spiro atoms. The van der Waals surface area contributed by atoms with E-state index in [0.29, 0.717) is 42.5 Å². The van der Waals surface area contributed by atoms with Gasteiger partial charge < -0.3 is 5.32 Å². The molecule has 166 valence electrons. The number of nitrogens with one attached hydrogen (secondary N) is 2. The van der Waals surface area contributed by atoms with Crippen molar-refractivity contribution in [2.75, 3.05) is 23.4 Å². The van der Waals surface area contributed by atoms with E-state index in [2.05, 4.69) is 47.3 Å². The molecule has 1 saturated heterocycles. The Balaban J connectivity index is 1.29. The maximum absolute atomic E-state index is 11.6. The third-order valence-electron chi connectivity index (χ3n) is 5.54. The summed E-state index contributed by atoms with van der Waals surface area (Å²) in [6, 6.07) is 9.35. The zero-order chi connectivity index (χ0) is 22.7. The molecule has 9 nitrogen and oxygen atoms in total. The van der Waals surface area contributed by atoms with Gasteiger partial charge in [0.15, 0.2) is 5.82 Å². The largest absolute Gasteiger partial charge is 0.354 e. The number of fused-ring (bicyclic) bond motifs is 1. The first-order valence-corrected chi connectivity index (χ1v) is 12.4. The third kappa shape index (κ3) is 5.15. The second-order valence-corrected chi connectivity index (χ2v) is 10.2. The highest BCUT2D eigenvalue weighted by Gasteiger charge is 2.23. The van der Waals surface area contributed by atoms with Crippen molar-refractivity contribution in [2.24, 2.45) is 5.92 Å². The van der Waals surface area contributed by atoms with Crippen LogP contribution in [0.2, 0.25) is 0 Å². The predicted molar refractivity (Wildman–Crippen MR) is 125 cm³/mol. The average Bonchev–Trinajstić information content (AvgIpc) is 3.30. The lowest BCUT2D eigenvalue weighted by Crippen LogP contribution is -2.27. The van der Waals surface area contributed by atoms with Crippen molar-refractivity contribution in [2.45, 2.75) is 12.8 Å². The normalized spacial score (nSPS) is 15.6. The summed E-state index contributed by atoms with van der Waals surface area (Å²) in [5.74, 6) is 7.91. The van der Waals surface area contributed by atoms with Gasteiger partial charge in [-0.3, -0.25) is 5.10 Å². The van der Waals surface area contributed by atoms with Gasteiger partial charge in [-0.2, -0.15) is 5.10 Å². The second-order valence-electron chi connectivity index (χ2n) is 7.93. The number of hydrogen-bond donors (Lipinski definition) is 2. The van der Waals surface area contributed by atoms with Gasteiger partial charge in [-0.1, -0.05) is 5.92 Å². The Labute approximate surface area is 191 Å². The summed E-state index contributed by atoms with van der Waals surface area (Å²) < 4.78 is 23.2. The van der Waals surface area contributed by atoms with E-state index in [0.717, 1.165) is 16.5 Å². The minimum atomic E-state index is -2.87.